The second-order valence-electron chi connectivity index (χ2n) is 9.31. The molecule has 1 saturated carbocycles. The summed E-state index contributed by atoms with van der Waals surface area (Å²) in [7, 11) is 0. The minimum atomic E-state index is -0.179. The molecule has 4 aromatic heterocycles. The van der Waals surface area contributed by atoms with Crippen LogP contribution in [0.4, 0.5) is 0 Å². The first kappa shape index (κ1) is 20.7. The Morgan fingerprint density at radius 3 is 2.85 bits per heavy atom. The summed E-state index contributed by atoms with van der Waals surface area (Å²) in [6, 6.07) is 11.6. The van der Waals surface area contributed by atoms with Crippen molar-refractivity contribution in [2.45, 2.75) is 44.7 Å². The van der Waals surface area contributed by atoms with Crippen molar-refractivity contribution in [1.29, 1.82) is 5.26 Å². The zero-order valence-corrected chi connectivity index (χ0v) is 18.8. The van der Waals surface area contributed by atoms with E-state index in [1.807, 2.05) is 51.7 Å². The van der Waals surface area contributed by atoms with Crippen molar-refractivity contribution in [3.8, 4) is 17.3 Å². The standard InChI is InChI=1S/C25H25N7O2/c26-11-10-23(33)29-12-3-4-18(16-29)32-24-22(30(25(32)34)15-17-6-7-17)9-8-20(28-24)19-14-27-31-13-2-1-5-21(19)31/h1-2,5,8-9,13-14,17-18H,3-4,6-7,10,12,15-16H2/t18-/m0/s1. The van der Waals surface area contributed by atoms with Crippen LogP contribution in [0.15, 0.2) is 47.5 Å². The third-order valence-electron chi connectivity index (χ3n) is 7.00. The molecule has 0 aromatic carbocycles. The maximum Gasteiger partial charge on any atom is 0.330 e. The van der Waals surface area contributed by atoms with Gasteiger partial charge in [0.2, 0.25) is 5.91 Å². The molecule has 9 heteroatoms. The third-order valence-corrected chi connectivity index (χ3v) is 7.00. The number of likely N-dealkylation sites (tertiary alicyclic amines) is 1. The molecule has 4 aromatic rings. The van der Waals surface area contributed by atoms with Gasteiger partial charge >= 0.3 is 5.69 Å². The van der Waals surface area contributed by atoms with Gasteiger partial charge in [-0.2, -0.15) is 10.4 Å². The summed E-state index contributed by atoms with van der Waals surface area (Å²) < 4.78 is 5.46. The molecule has 0 bridgehead atoms. The highest BCUT2D eigenvalue weighted by Gasteiger charge is 2.31. The number of nitrogens with zero attached hydrogens (tertiary/aromatic N) is 7. The number of nitriles is 1. The molecule has 34 heavy (non-hydrogen) atoms. The Kier molecular flexibility index (Phi) is 4.94. The lowest BCUT2D eigenvalue weighted by Crippen LogP contribution is -2.43. The zero-order valence-electron chi connectivity index (χ0n) is 18.8. The van der Waals surface area contributed by atoms with E-state index in [2.05, 4.69) is 5.10 Å². The number of amides is 1. The number of imidazole rings is 1. The molecule has 0 unspecified atom stereocenters. The molecule has 1 atom stereocenters. The normalized spacial score (nSPS) is 18.4. The molecule has 6 rings (SSSR count). The van der Waals surface area contributed by atoms with Crippen LogP contribution >= 0.6 is 0 Å². The van der Waals surface area contributed by atoms with Crippen molar-refractivity contribution in [1.82, 2.24) is 28.6 Å². The first-order valence-corrected chi connectivity index (χ1v) is 11.8. The van der Waals surface area contributed by atoms with Gasteiger partial charge in [0.05, 0.1) is 35.0 Å². The molecule has 0 radical (unpaired) electrons. The highest BCUT2D eigenvalue weighted by Crippen LogP contribution is 2.33. The summed E-state index contributed by atoms with van der Waals surface area (Å²) in [6.45, 7) is 1.74. The summed E-state index contributed by atoms with van der Waals surface area (Å²) in [4.78, 5) is 32.8. The molecular formula is C25H25N7O2. The van der Waals surface area contributed by atoms with Gasteiger partial charge in [-0.25, -0.2) is 14.3 Å². The van der Waals surface area contributed by atoms with Gasteiger partial charge in [-0.15, -0.1) is 0 Å². The lowest BCUT2D eigenvalue weighted by Gasteiger charge is -2.32. The van der Waals surface area contributed by atoms with Gasteiger partial charge in [0.25, 0.3) is 0 Å². The second kappa shape index (κ2) is 8.13. The van der Waals surface area contributed by atoms with Gasteiger partial charge in [-0.3, -0.25) is 13.9 Å². The molecule has 172 valence electrons. The second-order valence-corrected chi connectivity index (χ2v) is 9.31. The van der Waals surface area contributed by atoms with E-state index in [1.165, 1.54) is 0 Å². The van der Waals surface area contributed by atoms with Gasteiger partial charge in [0, 0.05) is 31.4 Å². The maximum atomic E-state index is 13.7. The van der Waals surface area contributed by atoms with Crippen molar-refractivity contribution in [3.63, 3.8) is 0 Å². The first-order valence-electron chi connectivity index (χ1n) is 11.8. The number of aromatic nitrogens is 5. The van der Waals surface area contributed by atoms with Gasteiger partial charge in [0.15, 0.2) is 5.65 Å². The fourth-order valence-electron chi connectivity index (χ4n) is 5.07. The SMILES string of the molecule is N#CCC(=O)N1CCC[C@H](n2c(=O)n(CC3CC3)c3ccc(-c4cnn5ccccc45)nc32)C1. The number of pyridine rings is 2. The monoisotopic (exact) mass is 455 g/mol. The Hall–Kier alpha value is -3.93. The summed E-state index contributed by atoms with van der Waals surface area (Å²) in [5.74, 6) is 0.359. The molecular weight excluding hydrogens is 430 g/mol. The number of hydrogen-bond donors (Lipinski definition) is 0. The van der Waals surface area contributed by atoms with Gasteiger partial charge in [0.1, 0.15) is 6.42 Å². The van der Waals surface area contributed by atoms with E-state index in [4.69, 9.17) is 10.2 Å². The van der Waals surface area contributed by atoms with Crippen molar-refractivity contribution in [2.24, 2.45) is 5.92 Å². The number of fused-ring (bicyclic) bond motifs is 2. The van der Waals surface area contributed by atoms with Crippen molar-refractivity contribution in [3.05, 3.63) is 53.2 Å². The first-order chi connectivity index (χ1) is 16.6. The number of piperidine rings is 1. The quantitative estimate of drug-likeness (QED) is 0.460. The predicted octanol–water partition coefficient (Wildman–Crippen LogP) is 3.00. The van der Waals surface area contributed by atoms with E-state index < -0.39 is 0 Å². The summed E-state index contributed by atoms with van der Waals surface area (Å²) in [5.41, 5.74) is 4.04. The highest BCUT2D eigenvalue weighted by molar-refractivity contribution is 5.82. The third kappa shape index (κ3) is 3.46. The molecule has 2 fully saturated rings. The van der Waals surface area contributed by atoms with Crippen LogP contribution in [0, 0.1) is 17.2 Å². The Balaban J connectivity index is 1.47. The topological polar surface area (TPSA) is 101 Å². The number of carbonyl (C=O) groups is 1. The molecule has 1 aliphatic heterocycles. The highest BCUT2D eigenvalue weighted by atomic mass is 16.2. The van der Waals surface area contributed by atoms with Crippen molar-refractivity contribution >= 4 is 22.6 Å². The number of rotatable bonds is 5. The lowest BCUT2D eigenvalue weighted by molar-refractivity contribution is -0.131. The van der Waals surface area contributed by atoms with Gasteiger partial charge < -0.3 is 4.90 Å². The van der Waals surface area contributed by atoms with Crippen LogP contribution in [-0.4, -0.2) is 47.6 Å². The van der Waals surface area contributed by atoms with E-state index in [0.717, 1.165) is 48.0 Å². The molecule has 9 nitrogen and oxygen atoms in total. The van der Waals surface area contributed by atoms with Crippen molar-refractivity contribution in [2.75, 3.05) is 13.1 Å². The molecule has 2 aliphatic rings. The average Bonchev–Trinajstić information content (AvgIpc) is 3.51. The van der Waals surface area contributed by atoms with Crippen LogP contribution in [0.1, 0.15) is 38.1 Å². The van der Waals surface area contributed by atoms with E-state index >= 15 is 0 Å². The summed E-state index contributed by atoms with van der Waals surface area (Å²) >= 11 is 0. The van der Waals surface area contributed by atoms with Crippen molar-refractivity contribution < 1.29 is 4.79 Å². The van der Waals surface area contributed by atoms with Crippen LogP contribution in [0.25, 0.3) is 27.9 Å². The molecule has 1 saturated heterocycles. The lowest BCUT2D eigenvalue weighted by atomic mass is 10.1. The molecule has 0 spiro atoms. The summed E-state index contributed by atoms with van der Waals surface area (Å²) in [5, 5.41) is 13.4. The van der Waals surface area contributed by atoms with Crippen LogP contribution in [0.5, 0.6) is 0 Å². The Morgan fingerprint density at radius 1 is 1.15 bits per heavy atom. The minimum Gasteiger partial charge on any atom is -0.340 e. The maximum absolute atomic E-state index is 13.7. The zero-order chi connectivity index (χ0) is 23.2. The Bertz CT molecular complexity index is 1500. The van der Waals surface area contributed by atoms with E-state index in [-0.39, 0.29) is 24.1 Å². The molecule has 1 amide bonds. The Morgan fingerprint density at radius 2 is 2.03 bits per heavy atom. The Labute approximate surface area is 195 Å². The van der Waals surface area contributed by atoms with Gasteiger partial charge in [-0.05, 0) is 55.9 Å². The summed E-state index contributed by atoms with van der Waals surface area (Å²) in [6.07, 6.45) is 7.44. The van der Waals surface area contributed by atoms with Crippen LogP contribution in [0.2, 0.25) is 0 Å². The number of carbonyl (C=O) groups excluding carboxylic acids is 1. The largest absolute Gasteiger partial charge is 0.340 e. The van der Waals surface area contributed by atoms with Crippen LogP contribution in [-0.2, 0) is 11.3 Å². The smallest absolute Gasteiger partial charge is 0.330 e. The fourth-order valence-corrected chi connectivity index (χ4v) is 5.07. The fraction of sp³-hybridized carbons (Fsp3) is 0.400. The van der Waals surface area contributed by atoms with Crippen LogP contribution in [0.3, 0.4) is 0 Å². The predicted molar refractivity (Wildman–Crippen MR) is 126 cm³/mol. The van der Waals surface area contributed by atoms with E-state index in [0.29, 0.717) is 31.2 Å². The molecule has 1 aliphatic carbocycles. The molecule has 5 heterocycles. The minimum absolute atomic E-state index is 0.0639. The average molecular weight is 456 g/mol. The van der Waals surface area contributed by atoms with Gasteiger partial charge in [-0.1, -0.05) is 6.07 Å². The van der Waals surface area contributed by atoms with E-state index in [1.54, 1.807) is 15.7 Å². The van der Waals surface area contributed by atoms with Crippen LogP contribution < -0.4 is 5.69 Å². The number of hydrogen-bond acceptors (Lipinski definition) is 5. The molecule has 0 N–H and O–H groups in total. The van der Waals surface area contributed by atoms with E-state index in [9.17, 15) is 9.59 Å².